The number of amides is 2. The highest BCUT2D eigenvalue weighted by Crippen LogP contribution is 2.35. The van der Waals surface area contributed by atoms with Crippen molar-refractivity contribution < 1.29 is 14.3 Å². The summed E-state index contributed by atoms with van der Waals surface area (Å²) in [4.78, 5) is 27.6. The molecule has 2 unspecified atom stereocenters. The molecule has 2 amide bonds. The predicted octanol–water partition coefficient (Wildman–Crippen LogP) is 2.10. The van der Waals surface area contributed by atoms with E-state index in [0.717, 1.165) is 6.42 Å². The van der Waals surface area contributed by atoms with Gasteiger partial charge in [-0.2, -0.15) is 0 Å². The summed E-state index contributed by atoms with van der Waals surface area (Å²) >= 11 is 0. The van der Waals surface area contributed by atoms with Gasteiger partial charge in [-0.25, -0.2) is 0 Å². The van der Waals surface area contributed by atoms with Gasteiger partial charge in [0.2, 0.25) is 11.8 Å². The molecule has 5 nitrogen and oxygen atoms in total. The largest absolute Gasteiger partial charge is 0.385 e. The summed E-state index contributed by atoms with van der Waals surface area (Å²) in [5, 5.41) is 2.96. The van der Waals surface area contributed by atoms with Crippen molar-refractivity contribution in [2.24, 2.45) is 0 Å². The SMILES string of the molecule is CCC1(C)NC(=O)C(CC)(CC)N(C(C)CCOC)C1=O. The molecule has 0 aromatic rings. The molecule has 1 saturated heterocycles. The molecule has 1 rings (SSSR count). The van der Waals surface area contributed by atoms with Gasteiger partial charge in [-0.05, 0) is 39.5 Å². The van der Waals surface area contributed by atoms with E-state index in [4.69, 9.17) is 4.74 Å². The monoisotopic (exact) mass is 298 g/mol. The molecule has 0 radical (unpaired) electrons. The van der Waals surface area contributed by atoms with E-state index in [1.165, 1.54) is 0 Å². The molecule has 5 heteroatoms. The zero-order valence-electron chi connectivity index (χ0n) is 14.3. The fourth-order valence-corrected chi connectivity index (χ4v) is 3.18. The number of rotatable bonds is 7. The van der Waals surface area contributed by atoms with Crippen molar-refractivity contribution in [3.8, 4) is 0 Å². The Morgan fingerprint density at radius 3 is 2.19 bits per heavy atom. The summed E-state index contributed by atoms with van der Waals surface area (Å²) in [5.41, 5.74) is -1.54. The van der Waals surface area contributed by atoms with Crippen molar-refractivity contribution in [3.05, 3.63) is 0 Å². The molecule has 1 N–H and O–H groups in total. The smallest absolute Gasteiger partial charge is 0.249 e. The first kappa shape index (κ1) is 18.0. The lowest BCUT2D eigenvalue weighted by Gasteiger charge is -2.53. The van der Waals surface area contributed by atoms with Crippen molar-refractivity contribution in [1.29, 1.82) is 0 Å². The number of piperazine rings is 1. The molecule has 1 heterocycles. The number of carbonyl (C=O) groups excluding carboxylic acids is 2. The van der Waals surface area contributed by atoms with Gasteiger partial charge >= 0.3 is 0 Å². The maximum Gasteiger partial charge on any atom is 0.249 e. The van der Waals surface area contributed by atoms with Crippen LogP contribution in [0.1, 0.15) is 60.3 Å². The van der Waals surface area contributed by atoms with Crippen LogP contribution in [0, 0.1) is 0 Å². The number of nitrogens with zero attached hydrogens (tertiary/aromatic N) is 1. The molecule has 0 bridgehead atoms. The molecular formula is C16H30N2O3. The molecule has 0 aliphatic carbocycles. The Labute approximate surface area is 128 Å². The summed E-state index contributed by atoms with van der Waals surface area (Å²) < 4.78 is 5.14. The maximum absolute atomic E-state index is 13.0. The molecule has 0 spiro atoms. The van der Waals surface area contributed by atoms with Gasteiger partial charge < -0.3 is 15.0 Å². The van der Waals surface area contributed by atoms with Crippen LogP contribution in [-0.2, 0) is 14.3 Å². The Hall–Kier alpha value is -1.10. The van der Waals surface area contributed by atoms with E-state index >= 15 is 0 Å². The van der Waals surface area contributed by atoms with Crippen LogP contribution < -0.4 is 5.32 Å². The van der Waals surface area contributed by atoms with E-state index in [1.807, 2.05) is 39.5 Å². The minimum Gasteiger partial charge on any atom is -0.385 e. The van der Waals surface area contributed by atoms with Crippen LogP contribution in [-0.4, -0.2) is 47.6 Å². The third-order valence-corrected chi connectivity index (χ3v) is 5.02. The lowest BCUT2D eigenvalue weighted by atomic mass is 9.80. The summed E-state index contributed by atoms with van der Waals surface area (Å²) in [7, 11) is 1.65. The molecule has 0 aromatic carbocycles. The number of hydrogen-bond acceptors (Lipinski definition) is 3. The Bertz CT molecular complexity index is 393. The summed E-state index contributed by atoms with van der Waals surface area (Å²) in [6.07, 6.45) is 2.57. The Kier molecular flexibility index (Phi) is 5.79. The summed E-state index contributed by atoms with van der Waals surface area (Å²) in [5.74, 6) is -0.00220. The molecule has 0 saturated carbocycles. The van der Waals surface area contributed by atoms with E-state index in [1.54, 1.807) is 7.11 Å². The number of ether oxygens (including phenoxy) is 1. The van der Waals surface area contributed by atoms with Crippen LogP contribution >= 0.6 is 0 Å². The van der Waals surface area contributed by atoms with Crippen molar-refractivity contribution in [1.82, 2.24) is 10.2 Å². The number of carbonyl (C=O) groups is 2. The second-order valence-corrected chi connectivity index (χ2v) is 6.18. The fourth-order valence-electron chi connectivity index (χ4n) is 3.18. The Morgan fingerprint density at radius 2 is 1.76 bits per heavy atom. The van der Waals surface area contributed by atoms with E-state index in [0.29, 0.717) is 25.9 Å². The lowest BCUT2D eigenvalue weighted by molar-refractivity contribution is -0.167. The fraction of sp³-hybridized carbons (Fsp3) is 0.875. The third kappa shape index (κ3) is 2.93. The minimum absolute atomic E-state index is 0.0192. The van der Waals surface area contributed by atoms with Gasteiger partial charge in [0.25, 0.3) is 0 Å². The second kappa shape index (κ2) is 6.77. The first-order valence-corrected chi connectivity index (χ1v) is 7.98. The molecular weight excluding hydrogens is 268 g/mol. The third-order valence-electron chi connectivity index (χ3n) is 5.02. The van der Waals surface area contributed by atoms with E-state index in [-0.39, 0.29) is 17.9 Å². The summed E-state index contributed by atoms with van der Waals surface area (Å²) in [6, 6.07) is -0.0192. The molecule has 1 aliphatic rings. The molecule has 122 valence electrons. The maximum atomic E-state index is 13.0. The minimum atomic E-state index is -0.799. The van der Waals surface area contributed by atoms with Crippen LogP contribution in [0.5, 0.6) is 0 Å². The highest BCUT2D eigenvalue weighted by molar-refractivity contribution is 6.02. The van der Waals surface area contributed by atoms with Crippen molar-refractivity contribution in [3.63, 3.8) is 0 Å². The number of nitrogens with one attached hydrogen (secondary N) is 1. The number of methoxy groups -OCH3 is 1. The van der Waals surface area contributed by atoms with Crippen molar-refractivity contribution in [2.45, 2.75) is 77.4 Å². The average Bonchev–Trinajstić information content (AvgIpc) is 2.48. The van der Waals surface area contributed by atoms with Crippen LogP contribution in [0.4, 0.5) is 0 Å². The van der Waals surface area contributed by atoms with Crippen LogP contribution in [0.15, 0.2) is 0 Å². The standard InChI is InChI=1S/C16H30N2O3/c1-7-15(5)14(20)18(12(4)10-11-21-6)16(8-2,9-3)13(19)17-15/h12H,7-11H2,1-6H3,(H,17,19). The lowest BCUT2D eigenvalue weighted by Crippen LogP contribution is -2.76. The van der Waals surface area contributed by atoms with Crippen LogP contribution in [0.2, 0.25) is 0 Å². The van der Waals surface area contributed by atoms with Gasteiger partial charge in [0.05, 0.1) is 0 Å². The van der Waals surface area contributed by atoms with E-state index in [9.17, 15) is 9.59 Å². The summed E-state index contributed by atoms with van der Waals surface area (Å²) in [6.45, 7) is 10.3. The van der Waals surface area contributed by atoms with Crippen molar-refractivity contribution in [2.75, 3.05) is 13.7 Å². The molecule has 2 atom stereocenters. The first-order valence-electron chi connectivity index (χ1n) is 7.98. The topological polar surface area (TPSA) is 58.6 Å². The normalized spacial score (nSPS) is 26.7. The van der Waals surface area contributed by atoms with Crippen LogP contribution in [0.3, 0.4) is 0 Å². The molecule has 0 aromatic heterocycles. The highest BCUT2D eigenvalue weighted by atomic mass is 16.5. The second-order valence-electron chi connectivity index (χ2n) is 6.18. The zero-order valence-corrected chi connectivity index (χ0v) is 14.3. The van der Waals surface area contributed by atoms with E-state index < -0.39 is 11.1 Å². The molecule has 21 heavy (non-hydrogen) atoms. The van der Waals surface area contributed by atoms with Gasteiger partial charge in [0.1, 0.15) is 11.1 Å². The van der Waals surface area contributed by atoms with Gasteiger partial charge in [0, 0.05) is 19.8 Å². The van der Waals surface area contributed by atoms with Crippen molar-refractivity contribution >= 4 is 11.8 Å². The Morgan fingerprint density at radius 1 is 1.19 bits per heavy atom. The Balaban J connectivity index is 3.24. The predicted molar refractivity (Wildman–Crippen MR) is 83.0 cm³/mol. The van der Waals surface area contributed by atoms with Crippen LogP contribution in [0.25, 0.3) is 0 Å². The molecule has 1 fully saturated rings. The van der Waals surface area contributed by atoms with Gasteiger partial charge in [-0.1, -0.05) is 20.8 Å². The zero-order chi connectivity index (χ0) is 16.3. The first-order chi connectivity index (χ1) is 9.82. The molecule has 1 aliphatic heterocycles. The van der Waals surface area contributed by atoms with E-state index in [2.05, 4.69) is 5.32 Å². The van der Waals surface area contributed by atoms with Gasteiger partial charge in [0.15, 0.2) is 0 Å². The highest BCUT2D eigenvalue weighted by Gasteiger charge is 2.55. The quantitative estimate of drug-likeness (QED) is 0.783. The van der Waals surface area contributed by atoms with Gasteiger partial charge in [-0.15, -0.1) is 0 Å². The van der Waals surface area contributed by atoms with Gasteiger partial charge in [-0.3, -0.25) is 9.59 Å². The number of hydrogen-bond donors (Lipinski definition) is 1. The average molecular weight is 298 g/mol.